The van der Waals surface area contributed by atoms with Crippen molar-refractivity contribution in [3.63, 3.8) is 0 Å². The molecule has 3 aliphatic rings. The maximum atomic E-state index is 11.4. The fourth-order valence-corrected chi connectivity index (χ4v) is 3.92. The minimum atomic E-state index is -0.849. The number of hydrogen-bond donors (Lipinski definition) is 4. The summed E-state index contributed by atoms with van der Waals surface area (Å²) in [6, 6.07) is -0.149. The normalized spacial score (nSPS) is 31.9. The molecule has 2 saturated heterocycles. The Labute approximate surface area is 142 Å². The number of nitrogens with one attached hydrogen (secondary N) is 3. The monoisotopic (exact) mass is 333 g/mol. The van der Waals surface area contributed by atoms with Crippen LogP contribution in [0.4, 0.5) is 0 Å². The van der Waals surface area contributed by atoms with Gasteiger partial charge in [-0.1, -0.05) is 17.7 Å². The van der Waals surface area contributed by atoms with Crippen molar-refractivity contribution in [3.05, 3.63) is 23.3 Å². The standard InChI is InChI=1S/C18H27N3O3/c22-11-14-2-1-13(12-5-7-19-8-6-12)9-15(14)10-20-16-3-4-17(23)21-18(16)24/h1-2,11-12,15-16,18-20,24H,3-10H2,(H,21,23). The van der Waals surface area contributed by atoms with Crippen molar-refractivity contribution in [2.45, 2.75) is 44.4 Å². The van der Waals surface area contributed by atoms with Gasteiger partial charge in [-0.05, 0) is 50.3 Å². The summed E-state index contributed by atoms with van der Waals surface area (Å²) in [5.74, 6) is 0.641. The van der Waals surface area contributed by atoms with Crippen LogP contribution in [-0.4, -0.2) is 49.2 Å². The molecule has 24 heavy (non-hydrogen) atoms. The van der Waals surface area contributed by atoms with E-state index in [9.17, 15) is 14.7 Å². The van der Waals surface area contributed by atoms with Crippen molar-refractivity contribution in [2.24, 2.45) is 11.8 Å². The van der Waals surface area contributed by atoms with Crippen LogP contribution in [0.25, 0.3) is 0 Å². The molecule has 3 rings (SSSR count). The average Bonchev–Trinajstić information content (AvgIpc) is 2.61. The van der Waals surface area contributed by atoms with Crippen LogP contribution in [0, 0.1) is 11.8 Å². The van der Waals surface area contributed by atoms with Crippen molar-refractivity contribution in [1.29, 1.82) is 0 Å². The Kier molecular flexibility index (Phi) is 5.81. The molecule has 0 bridgehead atoms. The van der Waals surface area contributed by atoms with E-state index in [0.29, 0.717) is 25.3 Å². The molecule has 2 heterocycles. The van der Waals surface area contributed by atoms with Gasteiger partial charge in [0.1, 0.15) is 12.5 Å². The number of piperidine rings is 2. The Morgan fingerprint density at radius 3 is 2.75 bits per heavy atom. The number of carbonyl (C=O) groups is 2. The zero-order chi connectivity index (χ0) is 16.9. The van der Waals surface area contributed by atoms with Gasteiger partial charge in [0.2, 0.25) is 5.91 Å². The lowest BCUT2D eigenvalue weighted by Crippen LogP contribution is -2.54. The van der Waals surface area contributed by atoms with E-state index in [1.807, 2.05) is 6.08 Å². The van der Waals surface area contributed by atoms with E-state index in [2.05, 4.69) is 22.0 Å². The smallest absolute Gasteiger partial charge is 0.222 e. The van der Waals surface area contributed by atoms with Crippen molar-refractivity contribution >= 4 is 12.2 Å². The van der Waals surface area contributed by atoms with Gasteiger partial charge in [-0.3, -0.25) is 9.59 Å². The zero-order valence-corrected chi connectivity index (χ0v) is 14.0. The molecule has 6 nitrogen and oxygen atoms in total. The van der Waals surface area contributed by atoms with Crippen molar-refractivity contribution < 1.29 is 14.7 Å². The van der Waals surface area contributed by atoms with Gasteiger partial charge in [-0.15, -0.1) is 0 Å². The molecule has 2 fully saturated rings. The lowest BCUT2D eigenvalue weighted by Gasteiger charge is -2.33. The summed E-state index contributed by atoms with van der Waals surface area (Å²) >= 11 is 0. The van der Waals surface area contributed by atoms with Crippen molar-refractivity contribution in [1.82, 2.24) is 16.0 Å². The Morgan fingerprint density at radius 2 is 2.04 bits per heavy atom. The Bertz CT molecular complexity index is 538. The van der Waals surface area contributed by atoms with Crippen molar-refractivity contribution in [3.8, 4) is 0 Å². The number of allylic oxidation sites excluding steroid dienone is 3. The Hall–Kier alpha value is -1.50. The molecule has 0 saturated carbocycles. The van der Waals surface area contributed by atoms with E-state index in [1.165, 1.54) is 5.57 Å². The molecule has 3 atom stereocenters. The maximum Gasteiger partial charge on any atom is 0.222 e. The quantitative estimate of drug-likeness (QED) is 0.541. The molecule has 0 aromatic rings. The van der Waals surface area contributed by atoms with E-state index in [-0.39, 0.29) is 17.9 Å². The maximum absolute atomic E-state index is 11.4. The molecule has 1 aliphatic carbocycles. The first-order valence-corrected chi connectivity index (χ1v) is 8.94. The predicted octanol–water partition coefficient (Wildman–Crippen LogP) is 0.244. The molecular formula is C18H27N3O3. The summed E-state index contributed by atoms with van der Waals surface area (Å²) in [6.07, 6.45) is 8.45. The summed E-state index contributed by atoms with van der Waals surface area (Å²) in [5.41, 5.74) is 2.25. The van der Waals surface area contributed by atoms with Crippen LogP contribution in [0.15, 0.2) is 23.3 Å². The average molecular weight is 333 g/mol. The van der Waals surface area contributed by atoms with Crippen molar-refractivity contribution in [2.75, 3.05) is 19.6 Å². The second-order valence-electron chi connectivity index (χ2n) is 7.02. The number of rotatable bonds is 5. The Morgan fingerprint density at radius 1 is 1.25 bits per heavy atom. The molecule has 0 spiro atoms. The number of aliphatic hydroxyl groups excluding tert-OH is 1. The highest BCUT2D eigenvalue weighted by Gasteiger charge is 2.29. The summed E-state index contributed by atoms with van der Waals surface area (Å²) < 4.78 is 0. The first-order valence-electron chi connectivity index (χ1n) is 8.94. The van der Waals surface area contributed by atoms with E-state index in [4.69, 9.17) is 0 Å². The summed E-state index contributed by atoms with van der Waals surface area (Å²) in [6.45, 7) is 2.76. The SMILES string of the molecule is O=CC1=CC=C(C2CCNCC2)CC1CNC1CCC(=O)NC1O. The van der Waals surface area contributed by atoms with Gasteiger partial charge in [-0.25, -0.2) is 0 Å². The molecule has 0 aromatic heterocycles. The molecule has 1 amide bonds. The lowest BCUT2D eigenvalue weighted by molar-refractivity contribution is -0.127. The third kappa shape index (κ3) is 4.12. The highest BCUT2D eigenvalue weighted by Crippen LogP contribution is 2.32. The van der Waals surface area contributed by atoms with Crippen LogP contribution in [0.2, 0.25) is 0 Å². The Balaban J connectivity index is 1.58. The molecule has 0 radical (unpaired) electrons. The number of carbonyl (C=O) groups excluding carboxylic acids is 2. The second-order valence-corrected chi connectivity index (χ2v) is 7.02. The van der Waals surface area contributed by atoms with Gasteiger partial charge >= 0.3 is 0 Å². The third-order valence-corrected chi connectivity index (χ3v) is 5.44. The van der Waals surface area contributed by atoms with Gasteiger partial charge in [-0.2, -0.15) is 0 Å². The first-order chi connectivity index (χ1) is 11.7. The summed E-state index contributed by atoms with van der Waals surface area (Å²) in [7, 11) is 0. The van der Waals surface area contributed by atoms with Gasteiger partial charge < -0.3 is 21.1 Å². The van der Waals surface area contributed by atoms with E-state index in [1.54, 1.807) is 0 Å². The molecular weight excluding hydrogens is 306 g/mol. The van der Waals surface area contributed by atoms with Crippen LogP contribution in [0.5, 0.6) is 0 Å². The van der Waals surface area contributed by atoms with Crippen LogP contribution in [0.1, 0.15) is 32.1 Å². The molecule has 4 N–H and O–H groups in total. The number of aldehydes is 1. The second kappa shape index (κ2) is 8.05. The summed E-state index contributed by atoms with van der Waals surface area (Å²) in [5, 5.41) is 19.2. The van der Waals surface area contributed by atoms with Crippen LogP contribution in [-0.2, 0) is 9.59 Å². The number of amides is 1. The summed E-state index contributed by atoms with van der Waals surface area (Å²) in [4.78, 5) is 22.6. The van der Waals surface area contributed by atoms with Gasteiger partial charge in [0.25, 0.3) is 0 Å². The fraction of sp³-hybridized carbons (Fsp3) is 0.667. The van der Waals surface area contributed by atoms with Crippen LogP contribution < -0.4 is 16.0 Å². The topological polar surface area (TPSA) is 90.5 Å². The number of hydrogen-bond acceptors (Lipinski definition) is 5. The lowest BCUT2D eigenvalue weighted by atomic mass is 9.79. The fourth-order valence-electron chi connectivity index (χ4n) is 3.92. The minimum absolute atomic E-state index is 0.108. The van der Waals surface area contributed by atoms with Crippen LogP contribution >= 0.6 is 0 Å². The highest BCUT2D eigenvalue weighted by atomic mass is 16.3. The van der Waals surface area contributed by atoms with Crippen LogP contribution in [0.3, 0.4) is 0 Å². The first kappa shape index (κ1) is 17.3. The highest BCUT2D eigenvalue weighted by molar-refractivity contribution is 5.77. The van der Waals surface area contributed by atoms with Gasteiger partial charge in [0, 0.05) is 18.9 Å². The molecule has 0 aromatic carbocycles. The largest absolute Gasteiger partial charge is 0.372 e. The van der Waals surface area contributed by atoms with E-state index >= 15 is 0 Å². The predicted molar refractivity (Wildman–Crippen MR) is 91.1 cm³/mol. The minimum Gasteiger partial charge on any atom is -0.372 e. The molecule has 3 unspecified atom stereocenters. The van der Waals surface area contributed by atoms with E-state index < -0.39 is 6.23 Å². The molecule has 2 aliphatic heterocycles. The van der Waals surface area contributed by atoms with Gasteiger partial charge in [0.15, 0.2) is 0 Å². The van der Waals surface area contributed by atoms with Gasteiger partial charge in [0.05, 0.1) is 6.04 Å². The third-order valence-electron chi connectivity index (χ3n) is 5.44. The molecule has 132 valence electrons. The molecule has 6 heteroatoms. The zero-order valence-electron chi connectivity index (χ0n) is 14.0. The number of aliphatic hydroxyl groups is 1. The van der Waals surface area contributed by atoms with E-state index in [0.717, 1.165) is 44.2 Å².